The molecule has 5 atom stereocenters. The Balaban J connectivity index is 1.50. The molecule has 2 aromatic rings. The summed E-state index contributed by atoms with van der Waals surface area (Å²) in [6.45, 7) is 7.00. The van der Waals surface area contributed by atoms with Crippen LogP contribution in [0.2, 0.25) is 0 Å². The maximum absolute atomic E-state index is 13.4. The zero-order valence-corrected chi connectivity index (χ0v) is 20.2. The molecule has 2 aliphatic rings. The Morgan fingerprint density at radius 3 is 2.33 bits per heavy atom. The summed E-state index contributed by atoms with van der Waals surface area (Å²) in [6, 6.07) is 16.4. The van der Waals surface area contributed by atoms with Gasteiger partial charge in [-0.1, -0.05) is 48.0 Å². The quantitative estimate of drug-likeness (QED) is 0.584. The molecular weight excluding hydrogens is 444 g/mol. The minimum atomic E-state index is -4.16. The normalized spacial score (nSPS) is 28.4. The molecule has 2 aliphatic heterocycles. The van der Waals surface area contributed by atoms with Crippen molar-refractivity contribution in [2.75, 3.05) is 6.61 Å². The van der Waals surface area contributed by atoms with Gasteiger partial charge in [-0.2, -0.15) is 0 Å². The van der Waals surface area contributed by atoms with E-state index in [9.17, 15) is 13.5 Å². The van der Waals surface area contributed by atoms with Crippen LogP contribution in [0.5, 0.6) is 0 Å². The number of aryl methyl sites for hydroxylation is 2. The standard InChI is InChI=1S/C25H32O7S/c1-17-12-14-19(15-13-17)33(27,28)25(4,26)22-20-21(32-24(2,3)31-20)23(30-22)29-16-8-11-18-9-6-5-7-10-18/h5-7,9-10,12-15,20-23,26H,8,11,16H2,1-4H3/t20-,21+,22+,23+,25+/m1/s1. The van der Waals surface area contributed by atoms with Crippen LogP contribution in [-0.2, 0) is 35.2 Å². The first-order valence-corrected chi connectivity index (χ1v) is 12.7. The lowest BCUT2D eigenvalue weighted by molar-refractivity contribution is -0.245. The van der Waals surface area contributed by atoms with Crippen LogP contribution in [0.25, 0.3) is 0 Å². The molecule has 0 amide bonds. The molecule has 2 heterocycles. The summed E-state index contributed by atoms with van der Waals surface area (Å²) >= 11 is 0. The minimum Gasteiger partial charge on any atom is -0.372 e. The van der Waals surface area contributed by atoms with Crippen molar-refractivity contribution >= 4 is 9.84 Å². The number of sulfone groups is 1. The number of ether oxygens (including phenoxy) is 4. The van der Waals surface area contributed by atoms with E-state index in [1.165, 1.54) is 24.6 Å². The van der Waals surface area contributed by atoms with Gasteiger partial charge in [0, 0.05) is 0 Å². The summed E-state index contributed by atoms with van der Waals surface area (Å²) in [7, 11) is -4.16. The summed E-state index contributed by atoms with van der Waals surface area (Å²) in [5, 5.41) is 11.3. The first-order chi connectivity index (χ1) is 15.5. The van der Waals surface area contributed by atoms with E-state index >= 15 is 0 Å². The Kier molecular flexibility index (Phi) is 6.70. The predicted molar refractivity (Wildman–Crippen MR) is 122 cm³/mol. The number of aliphatic hydroxyl groups is 1. The van der Waals surface area contributed by atoms with Gasteiger partial charge in [0.1, 0.15) is 18.3 Å². The smallest absolute Gasteiger partial charge is 0.210 e. The molecule has 2 saturated heterocycles. The number of benzene rings is 2. The topological polar surface area (TPSA) is 91.3 Å². The summed E-state index contributed by atoms with van der Waals surface area (Å²) in [6.07, 6.45) is -1.88. The van der Waals surface area contributed by atoms with Crippen LogP contribution < -0.4 is 0 Å². The van der Waals surface area contributed by atoms with E-state index in [4.69, 9.17) is 18.9 Å². The fourth-order valence-corrected chi connectivity index (χ4v) is 5.82. The van der Waals surface area contributed by atoms with E-state index in [0.29, 0.717) is 6.61 Å². The van der Waals surface area contributed by atoms with E-state index in [1.807, 2.05) is 25.1 Å². The van der Waals surface area contributed by atoms with Gasteiger partial charge in [0.25, 0.3) is 0 Å². The summed E-state index contributed by atoms with van der Waals surface area (Å²) in [4.78, 5) is -2.24. The van der Waals surface area contributed by atoms with Crippen molar-refractivity contribution in [2.45, 2.75) is 80.8 Å². The van der Waals surface area contributed by atoms with Gasteiger partial charge in [0.15, 0.2) is 17.0 Å². The third-order valence-electron chi connectivity index (χ3n) is 6.15. The lowest BCUT2D eigenvalue weighted by Crippen LogP contribution is -2.52. The zero-order chi connectivity index (χ0) is 23.9. The summed E-state index contributed by atoms with van der Waals surface area (Å²) in [5.41, 5.74) is 2.13. The maximum Gasteiger partial charge on any atom is 0.210 e. The van der Waals surface area contributed by atoms with Crippen molar-refractivity contribution in [3.63, 3.8) is 0 Å². The molecular formula is C25H32O7S. The molecule has 4 rings (SSSR count). The van der Waals surface area contributed by atoms with Crippen molar-refractivity contribution in [1.82, 2.24) is 0 Å². The highest BCUT2D eigenvalue weighted by atomic mass is 32.2. The lowest BCUT2D eigenvalue weighted by atomic mass is 10.1. The molecule has 8 heteroatoms. The molecule has 0 spiro atoms. The fourth-order valence-electron chi connectivity index (χ4n) is 4.36. The largest absolute Gasteiger partial charge is 0.372 e. The third-order valence-corrected chi connectivity index (χ3v) is 8.36. The van der Waals surface area contributed by atoms with Gasteiger partial charge in [-0.25, -0.2) is 8.42 Å². The van der Waals surface area contributed by atoms with E-state index < -0.39 is 45.2 Å². The van der Waals surface area contributed by atoms with Crippen LogP contribution in [0.4, 0.5) is 0 Å². The SMILES string of the molecule is Cc1ccc(S(=O)(=O)[C@](C)(O)[C@H]2O[C@H](OCCCc3ccccc3)[C@H]3OC(C)(C)O[C@H]32)cc1. The van der Waals surface area contributed by atoms with E-state index in [2.05, 4.69) is 12.1 Å². The van der Waals surface area contributed by atoms with Gasteiger partial charge in [-0.05, 0) is 58.2 Å². The van der Waals surface area contributed by atoms with Gasteiger partial charge < -0.3 is 24.1 Å². The molecule has 0 radical (unpaired) electrons. The van der Waals surface area contributed by atoms with Crippen LogP contribution in [0.15, 0.2) is 59.5 Å². The van der Waals surface area contributed by atoms with Crippen LogP contribution in [-0.4, -0.2) is 55.5 Å². The Morgan fingerprint density at radius 1 is 1.03 bits per heavy atom. The monoisotopic (exact) mass is 476 g/mol. The minimum absolute atomic E-state index is 0.0173. The van der Waals surface area contributed by atoms with E-state index in [0.717, 1.165) is 18.4 Å². The Hall–Kier alpha value is -1.81. The molecule has 2 fully saturated rings. The maximum atomic E-state index is 13.4. The van der Waals surface area contributed by atoms with Gasteiger partial charge in [0.2, 0.25) is 9.84 Å². The zero-order valence-electron chi connectivity index (χ0n) is 19.4. The first kappa shape index (κ1) is 24.3. The van der Waals surface area contributed by atoms with Crippen molar-refractivity contribution in [3.8, 4) is 0 Å². The Morgan fingerprint density at radius 2 is 1.67 bits per heavy atom. The van der Waals surface area contributed by atoms with Gasteiger partial charge in [-0.3, -0.25) is 0 Å². The molecule has 0 aromatic heterocycles. The number of hydrogen-bond donors (Lipinski definition) is 1. The number of rotatable bonds is 8. The highest BCUT2D eigenvalue weighted by Gasteiger charge is 2.63. The average Bonchev–Trinajstić information content (AvgIpc) is 3.25. The molecule has 1 N–H and O–H groups in total. The highest BCUT2D eigenvalue weighted by Crippen LogP contribution is 2.44. The molecule has 7 nitrogen and oxygen atoms in total. The number of fused-ring (bicyclic) bond motifs is 1. The van der Waals surface area contributed by atoms with E-state index in [1.54, 1.807) is 26.0 Å². The van der Waals surface area contributed by atoms with Crippen molar-refractivity contribution in [1.29, 1.82) is 0 Å². The third kappa shape index (κ3) is 4.87. The van der Waals surface area contributed by atoms with Crippen LogP contribution in [0.1, 0.15) is 38.3 Å². The van der Waals surface area contributed by atoms with Crippen LogP contribution in [0.3, 0.4) is 0 Å². The van der Waals surface area contributed by atoms with Crippen molar-refractivity contribution in [2.24, 2.45) is 0 Å². The van der Waals surface area contributed by atoms with Gasteiger partial charge in [-0.15, -0.1) is 0 Å². The molecule has 0 saturated carbocycles. The van der Waals surface area contributed by atoms with Crippen LogP contribution in [0, 0.1) is 6.92 Å². The molecule has 0 aliphatic carbocycles. The van der Waals surface area contributed by atoms with Crippen molar-refractivity contribution in [3.05, 3.63) is 65.7 Å². The molecule has 33 heavy (non-hydrogen) atoms. The lowest BCUT2D eigenvalue weighted by Gasteiger charge is -2.33. The fraction of sp³-hybridized carbons (Fsp3) is 0.520. The van der Waals surface area contributed by atoms with Gasteiger partial charge in [0.05, 0.1) is 11.5 Å². The summed E-state index contributed by atoms with van der Waals surface area (Å²) < 4.78 is 50.6. The number of hydrogen-bond acceptors (Lipinski definition) is 7. The van der Waals surface area contributed by atoms with Crippen molar-refractivity contribution < 1.29 is 32.5 Å². The molecule has 180 valence electrons. The second-order valence-electron chi connectivity index (χ2n) is 9.32. The highest BCUT2D eigenvalue weighted by molar-refractivity contribution is 7.92. The molecule has 0 bridgehead atoms. The Bertz CT molecular complexity index is 1050. The second-order valence-corrected chi connectivity index (χ2v) is 11.6. The predicted octanol–water partition coefficient (Wildman–Crippen LogP) is 3.37. The Labute approximate surface area is 195 Å². The van der Waals surface area contributed by atoms with E-state index in [-0.39, 0.29) is 4.90 Å². The van der Waals surface area contributed by atoms with Crippen LogP contribution >= 0.6 is 0 Å². The first-order valence-electron chi connectivity index (χ1n) is 11.2. The molecule has 0 unspecified atom stereocenters. The average molecular weight is 477 g/mol. The molecule has 2 aromatic carbocycles. The van der Waals surface area contributed by atoms with Gasteiger partial charge >= 0.3 is 0 Å². The second kappa shape index (κ2) is 9.09. The summed E-state index contributed by atoms with van der Waals surface area (Å²) in [5.74, 6) is -0.952.